The molecule has 1 aliphatic rings. The number of urea groups is 1. The predicted molar refractivity (Wildman–Crippen MR) is 118 cm³/mol. The number of hydrogen-bond donors (Lipinski definition) is 1. The Balaban J connectivity index is 1.61. The SMILES string of the molecule is O=C(CCc1ccc(Cl)cc1Cl)[C@@H]1CCC(=O)N1C(=O)NCc1ccc(Cl)c(Cl)c1. The molecule has 30 heavy (non-hydrogen) atoms. The maximum absolute atomic E-state index is 12.7. The van der Waals surface area contributed by atoms with Crippen LogP contribution in [-0.2, 0) is 22.6 Å². The number of benzene rings is 2. The van der Waals surface area contributed by atoms with Gasteiger partial charge in [-0.2, -0.15) is 0 Å². The van der Waals surface area contributed by atoms with Crippen molar-refractivity contribution in [3.63, 3.8) is 0 Å². The third-order valence-corrected chi connectivity index (χ3v) is 6.21. The summed E-state index contributed by atoms with van der Waals surface area (Å²) in [6, 6.07) is 8.68. The monoisotopic (exact) mass is 486 g/mol. The van der Waals surface area contributed by atoms with Gasteiger partial charge >= 0.3 is 6.03 Å². The van der Waals surface area contributed by atoms with E-state index in [9.17, 15) is 14.4 Å². The highest BCUT2D eigenvalue weighted by molar-refractivity contribution is 6.42. The first-order valence-corrected chi connectivity index (χ1v) is 10.8. The lowest BCUT2D eigenvalue weighted by molar-refractivity contribution is -0.131. The third kappa shape index (κ3) is 5.46. The fourth-order valence-corrected chi connectivity index (χ4v) is 4.13. The second kappa shape index (κ2) is 10.0. The molecule has 0 saturated carbocycles. The summed E-state index contributed by atoms with van der Waals surface area (Å²) in [5.41, 5.74) is 1.51. The van der Waals surface area contributed by atoms with Crippen molar-refractivity contribution in [2.75, 3.05) is 0 Å². The van der Waals surface area contributed by atoms with Crippen LogP contribution in [-0.4, -0.2) is 28.7 Å². The maximum Gasteiger partial charge on any atom is 0.325 e. The van der Waals surface area contributed by atoms with E-state index < -0.39 is 12.1 Å². The van der Waals surface area contributed by atoms with E-state index in [0.29, 0.717) is 32.9 Å². The number of ketones is 1. The van der Waals surface area contributed by atoms with Gasteiger partial charge in [0, 0.05) is 29.4 Å². The number of carbonyl (C=O) groups is 3. The van der Waals surface area contributed by atoms with Crippen molar-refractivity contribution in [1.29, 1.82) is 0 Å². The summed E-state index contributed by atoms with van der Waals surface area (Å²) in [5, 5.41) is 4.44. The molecule has 0 radical (unpaired) electrons. The van der Waals surface area contributed by atoms with Crippen molar-refractivity contribution in [3.05, 3.63) is 67.6 Å². The fraction of sp³-hybridized carbons (Fsp3) is 0.286. The second-order valence-corrected chi connectivity index (χ2v) is 8.59. The molecule has 1 aliphatic heterocycles. The molecule has 158 valence electrons. The van der Waals surface area contributed by atoms with E-state index in [1.807, 2.05) is 0 Å². The van der Waals surface area contributed by atoms with E-state index in [4.69, 9.17) is 46.4 Å². The van der Waals surface area contributed by atoms with Gasteiger partial charge in [-0.25, -0.2) is 4.79 Å². The number of Topliss-reactive ketones (excluding diaryl/α,β-unsaturated/α-hetero) is 1. The number of hydrogen-bond acceptors (Lipinski definition) is 3. The molecule has 1 atom stereocenters. The minimum Gasteiger partial charge on any atom is -0.334 e. The lowest BCUT2D eigenvalue weighted by Gasteiger charge is -2.22. The third-order valence-electron chi connectivity index (χ3n) is 4.89. The minimum absolute atomic E-state index is 0.151. The van der Waals surface area contributed by atoms with Gasteiger partial charge in [-0.05, 0) is 48.2 Å². The van der Waals surface area contributed by atoms with Crippen LogP contribution >= 0.6 is 46.4 Å². The van der Waals surface area contributed by atoms with Crippen molar-refractivity contribution in [2.45, 2.75) is 38.3 Å². The maximum atomic E-state index is 12.7. The van der Waals surface area contributed by atoms with Crippen molar-refractivity contribution in [2.24, 2.45) is 0 Å². The molecule has 2 aromatic carbocycles. The fourth-order valence-electron chi connectivity index (χ4n) is 3.30. The summed E-state index contributed by atoms with van der Waals surface area (Å²) in [4.78, 5) is 38.6. The Morgan fingerprint density at radius 1 is 1.00 bits per heavy atom. The molecule has 1 heterocycles. The highest BCUT2D eigenvalue weighted by Gasteiger charge is 2.39. The average molecular weight is 488 g/mol. The van der Waals surface area contributed by atoms with Crippen LogP contribution in [0.2, 0.25) is 20.1 Å². The lowest BCUT2D eigenvalue weighted by atomic mass is 10.0. The molecule has 0 aromatic heterocycles. The van der Waals surface area contributed by atoms with Crippen molar-refractivity contribution < 1.29 is 14.4 Å². The summed E-state index contributed by atoms with van der Waals surface area (Å²) in [6.07, 6.45) is 1.03. The first kappa shape index (κ1) is 22.9. The number of nitrogens with one attached hydrogen (secondary N) is 1. The van der Waals surface area contributed by atoms with Crippen LogP contribution in [0.4, 0.5) is 4.79 Å². The van der Waals surface area contributed by atoms with Gasteiger partial charge in [-0.1, -0.05) is 58.5 Å². The van der Waals surface area contributed by atoms with Gasteiger partial charge in [-0.15, -0.1) is 0 Å². The molecule has 0 bridgehead atoms. The van der Waals surface area contributed by atoms with Gasteiger partial charge in [-0.3, -0.25) is 14.5 Å². The Morgan fingerprint density at radius 2 is 1.77 bits per heavy atom. The molecule has 1 N–H and O–H groups in total. The van der Waals surface area contributed by atoms with Crippen molar-refractivity contribution >= 4 is 64.1 Å². The average Bonchev–Trinajstić information content (AvgIpc) is 3.09. The summed E-state index contributed by atoms with van der Waals surface area (Å²) in [5.74, 6) is -0.555. The first-order chi connectivity index (χ1) is 14.3. The van der Waals surface area contributed by atoms with Crippen molar-refractivity contribution in [1.82, 2.24) is 10.2 Å². The molecule has 0 unspecified atom stereocenters. The molecule has 1 saturated heterocycles. The number of amides is 3. The van der Waals surface area contributed by atoms with Gasteiger partial charge in [0.2, 0.25) is 5.91 Å². The number of halogens is 4. The Morgan fingerprint density at radius 3 is 2.47 bits per heavy atom. The van der Waals surface area contributed by atoms with Crippen LogP contribution in [0.1, 0.15) is 30.4 Å². The van der Waals surface area contributed by atoms with Crippen molar-refractivity contribution in [3.8, 4) is 0 Å². The minimum atomic E-state index is -0.780. The molecule has 1 fully saturated rings. The highest BCUT2D eigenvalue weighted by atomic mass is 35.5. The number of likely N-dealkylation sites (tertiary alicyclic amines) is 1. The van der Waals surface area contributed by atoms with Gasteiger partial charge < -0.3 is 5.32 Å². The first-order valence-electron chi connectivity index (χ1n) is 9.26. The number of carbonyl (C=O) groups excluding carboxylic acids is 3. The number of nitrogens with zero attached hydrogens (tertiary/aromatic N) is 1. The summed E-state index contributed by atoms with van der Waals surface area (Å²) in [6.45, 7) is 0.154. The Bertz CT molecular complexity index is 996. The van der Waals surface area contributed by atoms with Crippen LogP contribution in [0.25, 0.3) is 0 Å². The summed E-state index contributed by atoms with van der Waals surface area (Å²) >= 11 is 23.9. The van der Waals surface area contributed by atoms with Gasteiger partial charge in [0.15, 0.2) is 5.78 Å². The molecule has 3 amide bonds. The van der Waals surface area contributed by atoms with Crippen LogP contribution in [0, 0.1) is 0 Å². The predicted octanol–water partition coefficient (Wildman–Crippen LogP) is 5.70. The number of imide groups is 1. The van der Waals surface area contributed by atoms with Gasteiger partial charge in [0.05, 0.1) is 10.0 Å². The summed E-state index contributed by atoms with van der Waals surface area (Å²) in [7, 11) is 0. The van der Waals surface area contributed by atoms with Crippen LogP contribution < -0.4 is 5.32 Å². The normalized spacial score (nSPS) is 16.1. The second-order valence-electron chi connectivity index (χ2n) is 6.93. The standard InChI is InChI=1S/C21H18Cl4N2O3/c22-14-4-2-13(16(24)10-14)3-7-19(28)18-6-8-20(29)27(18)21(30)26-11-12-1-5-15(23)17(25)9-12/h1-2,4-5,9-10,18H,3,6-8,11H2,(H,26,30)/t18-/m0/s1. The van der Waals surface area contributed by atoms with E-state index in [1.165, 1.54) is 0 Å². The van der Waals surface area contributed by atoms with Crippen LogP contribution in [0.5, 0.6) is 0 Å². The Labute approximate surface area is 194 Å². The quantitative estimate of drug-likeness (QED) is 0.568. The Kier molecular flexibility index (Phi) is 7.64. The van der Waals surface area contributed by atoms with Gasteiger partial charge in [0.1, 0.15) is 6.04 Å². The van der Waals surface area contributed by atoms with E-state index in [1.54, 1.807) is 36.4 Å². The summed E-state index contributed by atoms with van der Waals surface area (Å²) < 4.78 is 0. The Hall–Kier alpha value is -1.79. The molecule has 5 nitrogen and oxygen atoms in total. The molecule has 2 aromatic rings. The molecule has 9 heteroatoms. The molecule has 3 rings (SSSR count). The molecular weight excluding hydrogens is 470 g/mol. The lowest BCUT2D eigenvalue weighted by Crippen LogP contribution is -2.47. The highest BCUT2D eigenvalue weighted by Crippen LogP contribution is 2.26. The van der Waals surface area contributed by atoms with E-state index in [2.05, 4.69) is 5.32 Å². The van der Waals surface area contributed by atoms with Crippen LogP contribution in [0.15, 0.2) is 36.4 Å². The van der Waals surface area contributed by atoms with E-state index in [0.717, 1.165) is 16.0 Å². The topological polar surface area (TPSA) is 66.5 Å². The molecule has 0 aliphatic carbocycles. The van der Waals surface area contributed by atoms with E-state index >= 15 is 0 Å². The molecular formula is C21H18Cl4N2O3. The number of aryl methyl sites for hydroxylation is 1. The largest absolute Gasteiger partial charge is 0.334 e. The zero-order valence-corrected chi connectivity index (χ0v) is 18.8. The molecule has 0 spiro atoms. The zero-order valence-electron chi connectivity index (χ0n) is 15.8. The zero-order chi connectivity index (χ0) is 21.8. The van der Waals surface area contributed by atoms with E-state index in [-0.39, 0.29) is 31.1 Å². The number of rotatable bonds is 6. The van der Waals surface area contributed by atoms with Gasteiger partial charge in [0.25, 0.3) is 0 Å². The van der Waals surface area contributed by atoms with Crippen LogP contribution in [0.3, 0.4) is 0 Å². The smallest absolute Gasteiger partial charge is 0.325 e.